The summed E-state index contributed by atoms with van der Waals surface area (Å²) in [5, 5.41) is 3.28. The Balaban J connectivity index is 2.15. The molecule has 0 fully saturated rings. The SMILES string of the molecule is CC1(C)c2ccc(o2)CNCc2ccc1o2. The monoisotopic (exact) mass is 217 g/mol. The third-order valence-corrected chi connectivity index (χ3v) is 3.15. The maximum absolute atomic E-state index is 5.82. The van der Waals surface area contributed by atoms with Gasteiger partial charge in [-0.15, -0.1) is 0 Å². The van der Waals surface area contributed by atoms with Crippen LogP contribution in [-0.4, -0.2) is 0 Å². The molecule has 0 aromatic carbocycles. The molecular weight excluding hydrogens is 202 g/mol. The molecular formula is C13H15NO2. The number of fused-ring (bicyclic) bond motifs is 4. The van der Waals surface area contributed by atoms with Crippen molar-refractivity contribution in [1.29, 1.82) is 0 Å². The molecule has 0 amide bonds. The summed E-state index contributed by atoms with van der Waals surface area (Å²) in [5.41, 5.74) is -0.201. The lowest BCUT2D eigenvalue weighted by atomic mass is 9.87. The van der Waals surface area contributed by atoms with Gasteiger partial charge in [-0.1, -0.05) is 0 Å². The molecule has 2 aromatic rings. The first-order chi connectivity index (χ1) is 7.66. The van der Waals surface area contributed by atoms with Crippen LogP contribution in [0.3, 0.4) is 0 Å². The number of nitrogens with one attached hydrogen (secondary N) is 1. The highest BCUT2D eigenvalue weighted by atomic mass is 16.4. The van der Waals surface area contributed by atoms with Crippen molar-refractivity contribution < 1.29 is 8.83 Å². The number of rotatable bonds is 0. The van der Waals surface area contributed by atoms with Crippen LogP contribution in [0.25, 0.3) is 0 Å². The third-order valence-electron chi connectivity index (χ3n) is 3.15. The Labute approximate surface area is 94.4 Å². The van der Waals surface area contributed by atoms with Gasteiger partial charge in [0.05, 0.1) is 18.5 Å². The Morgan fingerprint density at radius 2 is 1.44 bits per heavy atom. The van der Waals surface area contributed by atoms with Gasteiger partial charge < -0.3 is 14.2 Å². The molecule has 4 bridgehead atoms. The van der Waals surface area contributed by atoms with E-state index < -0.39 is 0 Å². The van der Waals surface area contributed by atoms with Crippen molar-refractivity contribution in [3.63, 3.8) is 0 Å². The van der Waals surface area contributed by atoms with E-state index in [1.807, 2.05) is 24.3 Å². The first kappa shape index (κ1) is 9.73. The van der Waals surface area contributed by atoms with E-state index in [1.165, 1.54) is 0 Å². The smallest absolute Gasteiger partial charge is 0.118 e. The fraction of sp³-hybridized carbons (Fsp3) is 0.385. The topological polar surface area (TPSA) is 38.3 Å². The lowest BCUT2D eigenvalue weighted by Gasteiger charge is -2.19. The van der Waals surface area contributed by atoms with Gasteiger partial charge in [-0.25, -0.2) is 0 Å². The van der Waals surface area contributed by atoms with Crippen LogP contribution in [-0.2, 0) is 18.5 Å². The highest BCUT2D eigenvalue weighted by Crippen LogP contribution is 2.34. The molecule has 0 saturated heterocycles. The van der Waals surface area contributed by atoms with Crippen LogP contribution >= 0.6 is 0 Å². The molecule has 3 heteroatoms. The standard InChI is InChI=1S/C13H15NO2/c1-13(2)11-5-3-9(15-11)7-14-8-10-4-6-12(13)16-10/h3-6,14H,7-8H2,1-2H3. The van der Waals surface area contributed by atoms with Gasteiger partial charge in [0, 0.05) is 0 Å². The predicted octanol–water partition coefficient (Wildman–Crippen LogP) is 2.80. The van der Waals surface area contributed by atoms with Gasteiger partial charge in [-0.3, -0.25) is 0 Å². The second kappa shape index (κ2) is 3.25. The van der Waals surface area contributed by atoms with Gasteiger partial charge in [0.2, 0.25) is 0 Å². The zero-order chi connectivity index (χ0) is 11.2. The van der Waals surface area contributed by atoms with Crippen LogP contribution in [0.5, 0.6) is 0 Å². The van der Waals surface area contributed by atoms with Crippen LogP contribution in [0.4, 0.5) is 0 Å². The minimum Gasteiger partial charge on any atom is -0.464 e. The fourth-order valence-electron chi connectivity index (χ4n) is 2.05. The van der Waals surface area contributed by atoms with Crippen molar-refractivity contribution in [2.45, 2.75) is 32.4 Å². The summed E-state index contributed by atoms with van der Waals surface area (Å²) in [4.78, 5) is 0. The summed E-state index contributed by atoms with van der Waals surface area (Å²) in [6.07, 6.45) is 0. The van der Waals surface area contributed by atoms with Crippen LogP contribution in [0.15, 0.2) is 33.1 Å². The van der Waals surface area contributed by atoms with E-state index in [9.17, 15) is 0 Å². The van der Waals surface area contributed by atoms with Gasteiger partial charge in [0.25, 0.3) is 0 Å². The molecule has 0 unspecified atom stereocenters. The zero-order valence-corrected chi connectivity index (χ0v) is 9.54. The van der Waals surface area contributed by atoms with Crippen LogP contribution in [0.2, 0.25) is 0 Å². The molecule has 84 valence electrons. The van der Waals surface area contributed by atoms with E-state index in [2.05, 4.69) is 19.2 Å². The lowest BCUT2D eigenvalue weighted by Crippen LogP contribution is -2.18. The van der Waals surface area contributed by atoms with E-state index in [0.717, 1.165) is 36.1 Å². The molecule has 0 atom stereocenters. The fourth-order valence-corrected chi connectivity index (χ4v) is 2.05. The maximum Gasteiger partial charge on any atom is 0.118 e. The van der Waals surface area contributed by atoms with E-state index in [1.54, 1.807) is 0 Å². The molecule has 1 aliphatic rings. The molecule has 2 aromatic heterocycles. The minimum absolute atomic E-state index is 0.201. The molecule has 3 rings (SSSR count). The van der Waals surface area contributed by atoms with Crippen molar-refractivity contribution in [3.05, 3.63) is 47.3 Å². The Hall–Kier alpha value is -1.48. The van der Waals surface area contributed by atoms with Gasteiger partial charge in [0.15, 0.2) is 0 Å². The molecule has 1 N–H and O–H groups in total. The number of hydrogen-bond acceptors (Lipinski definition) is 3. The number of hydrogen-bond donors (Lipinski definition) is 1. The molecule has 16 heavy (non-hydrogen) atoms. The zero-order valence-electron chi connectivity index (χ0n) is 9.54. The van der Waals surface area contributed by atoms with E-state index >= 15 is 0 Å². The van der Waals surface area contributed by atoms with Crippen molar-refractivity contribution in [3.8, 4) is 0 Å². The van der Waals surface area contributed by atoms with Crippen LogP contribution < -0.4 is 5.32 Å². The summed E-state index contributed by atoms with van der Waals surface area (Å²) in [7, 11) is 0. The summed E-state index contributed by atoms with van der Waals surface area (Å²) in [6, 6.07) is 8.12. The second-order valence-corrected chi connectivity index (χ2v) is 4.76. The van der Waals surface area contributed by atoms with Crippen molar-refractivity contribution in [2.24, 2.45) is 0 Å². The van der Waals surface area contributed by atoms with Gasteiger partial charge in [-0.2, -0.15) is 0 Å². The minimum atomic E-state index is -0.201. The van der Waals surface area contributed by atoms with E-state index in [0.29, 0.717) is 0 Å². The largest absolute Gasteiger partial charge is 0.464 e. The summed E-state index contributed by atoms with van der Waals surface area (Å²) in [6.45, 7) is 5.72. The second-order valence-electron chi connectivity index (χ2n) is 4.76. The van der Waals surface area contributed by atoms with Crippen molar-refractivity contribution in [2.75, 3.05) is 0 Å². The summed E-state index contributed by atoms with van der Waals surface area (Å²) in [5.74, 6) is 3.86. The predicted molar refractivity (Wildman–Crippen MR) is 60.1 cm³/mol. The lowest BCUT2D eigenvalue weighted by molar-refractivity contribution is 0.322. The Bertz CT molecular complexity index is 463. The summed E-state index contributed by atoms with van der Waals surface area (Å²) >= 11 is 0. The molecule has 0 aliphatic carbocycles. The van der Waals surface area contributed by atoms with Crippen molar-refractivity contribution in [1.82, 2.24) is 5.32 Å². The number of furan rings is 2. The maximum atomic E-state index is 5.82. The average Bonchev–Trinajstić information content (AvgIpc) is 2.85. The summed E-state index contributed by atoms with van der Waals surface area (Å²) < 4.78 is 11.6. The first-order valence-electron chi connectivity index (χ1n) is 5.55. The van der Waals surface area contributed by atoms with Crippen LogP contribution in [0, 0.1) is 0 Å². The van der Waals surface area contributed by atoms with E-state index in [-0.39, 0.29) is 5.41 Å². The molecule has 3 nitrogen and oxygen atoms in total. The van der Waals surface area contributed by atoms with Gasteiger partial charge >= 0.3 is 0 Å². The average molecular weight is 217 g/mol. The third kappa shape index (κ3) is 1.39. The normalized spacial score (nSPS) is 18.4. The van der Waals surface area contributed by atoms with Gasteiger partial charge in [0.1, 0.15) is 23.0 Å². The van der Waals surface area contributed by atoms with Crippen LogP contribution in [0.1, 0.15) is 36.9 Å². The molecule has 1 aliphatic heterocycles. The molecule has 0 spiro atoms. The Morgan fingerprint density at radius 3 is 1.94 bits per heavy atom. The molecule has 3 heterocycles. The Morgan fingerprint density at radius 1 is 0.938 bits per heavy atom. The quantitative estimate of drug-likeness (QED) is 0.737. The highest BCUT2D eigenvalue weighted by molar-refractivity contribution is 5.28. The van der Waals surface area contributed by atoms with E-state index in [4.69, 9.17) is 8.83 Å². The van der Waals surface area contributed by atoms with Gasteiger partial charge in [-0.05, 0) is 38.1 Å². The van der Waals surface area contributed by atoms with Crippen molar-refractivity contribution >= 4 is 0 Å². The molecule has 0 radical (unpaired) electrons. The molecule has 0 saturated carbocycles. The highest BCUT2D eigenvalue weighted by Gasteiger charge is 2.30. The first-order valence-corrected chi connectivity index (χ1v) is 5.55. The Kier molecular flexibility index (Phi) is 1.98.